The summed E-state index contributed by atoms with van der Waals surface area (Å²) < 4.78 is 61.6. The van der Waals surface area contributed by atoms with E-state index in [0.29, 0.717) is 23.4 Å². The van der Waals surface area contributed by atoms with Gasteiger partial charge in [-0.05, 0) is 24.1 Å². The van der Waals surface area contributed by atoms with Crippen molar-refractivity contribution in [3.05, 3.63) is 41.3 Å². The number of anilines is 1. The number of rotatable bonds is 4. The van der Waals surface area contributed by atoms with Gasteiger partial charge in [-0.1, -0.05) is 18.2 Å². The van der Waals surface area contributed by atoms with Crippen molar-refractivity contribution >= 4 is 37.3 Å². The van der Waals surface area contributed by atoms with Crippen molar-refractivity contribution in [1.82, 2.24) is 0 Å². The fraction of sp³-hybridized carbons (Fsp3) is 0.286. The van der Waals surface area contributed by atoms with Gasteiger partial charge in [-0.3, -0.25) is 4.31 Å². The third kappa shape index (κ3) is 3.06. The topological polar surface area (TPSA) is 91.8 Å². The second-order valence-corrected chi connectivity index (χ2v) is 9.80. The minimum absolute atomic E-state index is 0.0749. The molecule has 3 rings (SSSR count). The summed E-state index contributed by atoms with van der Waals surface area (Å²) in [6.45, 7) is -0.0969. The fourth-order valence-corrected chi connectivity index (χ4v) is 6.40. The SMILES string of the molecule is O=S(=O)(F)c1csc(S(=O)(=O)N2CC(CO)Cc3ccccc32)c1. The van der Waals surface area contributed by atoms with Crippen LogP contribution in [-0.2, 0) is 26.7 Å². The number of thiophene rings is 1. The average Bonchev–Trinajstić information content (AvgIpc) is 3.04. The van der Waals surface area contributed by atoms with Crippen molar-refractivity contribution in [2.24, 2.45) is 5.92 Å². The van der Waals surface area contributed by atoms with E-state index < -0.39 is 25.1 Å². The van der Waals surface area contributed by atoms with E-state index in [4.69, 9.17) is 0 Å². The molecule has 0 amide bonds. The summed E-state index contributed by atoms with van der Waals surface area (Å²) in [4.78, 5) is -0.671. The number of aliphatic hydroxyl groups is 1. The van der Waals surface area contributed by atoms with Gasteiger partial charge in [0.05, 0.1) is 5.69 Å². The molecule has 24 heavy (non-hydrogen) atoms. The molecular formula is C14H14FNO5S3. The lowest BCUT2D eigenvalue weighted by molar-refractivity contribution is 0.227. The summed E-state index contributed by atoms with van der Waals surface area (Å²) in [6.07, 6.45) is 0.549. The highest BCUT2D eigenvalue weighted by molar-refractivity contribution is 7.95. The van der Waals surface area contributed by atoms with Crippen LogP contribution in [0.1, 0.15) is 5.56 Å². The molecule has 1 atom stereocenters. The first kappa shape index (κ1) is 17.3. The van der Waals surface area contributed by atoms with E-state index in [1.807, 2.05) is 0 Å². The van der Waals surface area contributed by atoms with Crippen LogP contribution in [0, 0.1) is 5.92 Å². The van der Waals surface area contributed by atoms with Gasteiger partial charge in [0, 0.05) is 24.4 Å². The van der Waals surface area contributed by atoms with Gasteiger partial charge < -0.3 is 5.11 Å². The van der Waals surface area contributed by atoms with Gasteiger partial charge in [0.25, 0.3) is 10.0 Å². The van der Waals surface area contributed by atoms with Crippen molar-refractivity contribution in [3.63, 3.8) is 0 Å². The van der Waals surface area contributed by atoms with Gasteiger partial charge in [0.2, 0.25) is 0 Å². The summed E-state index contributed by atoms with van der Waals surface area (Å²) in [5, 5.41) is 10.4. The quantitative estimate of drug-likeness (QED) is 0.802. The third-order valence-electron chi connectivity index (χ3n) is 3.83. The van der Waals surface area contributed by atoms with Crippen LogP contribution in [0.5, 0.6) is 0 Å². The number of para-hydroxylation sites is 1. The first-order valence-corrected chi connectivity index (χ1v) is 10.7. The highest BCUT2D eigenvalue weighted by Crippen LogP contribution is 2.36. The van der Waals surface area contributed by atoms with Crippen molar-refractivity contribution in [2.75, 3.05) is 17.5 Å². The monoisotopic (exact) mass is 391 g/mol. The van der Waals surface area contributed by atoms with Crippen LogP contribution < -0.4 is 4.31 Å². The van der Waals surface area contributed by atoms with E-state index >= 15 is 0 Å². The van der Waals surface area contributed by atoms with E-state index in [0.717, 1.165) is 21.3 Å². The van der Waals surface area contributed by atoms with Crippen LogP contribution >= 0.6 is 11.3 Å². The van der Waals surface area contributed by atoms with Crippen LogP contribution in [0.15, 0.2) is 44.8 Å². The number of sulfonamides is 1. The van der Waals surface area contributed by atoms with Crippen molar-refractivity contribution in [2.45, 2.75) is 15.5 Å². The molecule has 1 aliphatic heterocycles. The van der Waals surface area contributed by atoms with Crippen molar-refractivity contribution in [3.8, 4) is 0 Å². The Balaban J connectivity index is 2.08. The lowest BCUT2D eigenvalue weighted by atomic mass is 9.95. The summed E-state index contributed by atoms with van der Waals surface area (Å²) >= 11 is 0.649. The molecule has 1 aromatic carbocycles. The van der Waals surface area contributed by atoms with Gasteiger partial charge in [-0.25, -0.2) is 8.42 Å². The fourth-order valence-electron chi connectivity index (χ4n) is 2.66. The molecule has 6 nitrogen and oxygen atoms in total. The Morgan fingerprint density at radius 2 is 1.96 bits per heavy atom. The predicted octanol–water partition coefficient (Wildman–Crippen LogP) is 1.77. The van der Waals surface area contributed by atoms with Crippen molar-refractivity contribution in [1.29, 1.82) is 0 Å². The highest BCUT2D eigenvalue weighted by atomic mass is 32.3. The Bertz CT molecular complexity index is 968. The Morgan fingerprint density at radius 1 is 1.25 bits per heavy atom. The summed E-state index contributed by atoms with van der Waals surface area (Å²) in [5.74, 6) is -0.265. The molecule has 0 fully saturated rings. The molecule has 10 heteroatoms. The Hall–Kier alpha value is -1.49. The molecule has 1 unspecified atom stereocenters. The molecule has 0 aliphatic carbocycles. The number of benzene rings is 1. The lowest BCUT2D eigenvalue weighted by Crippen LogP contribution is -2.40. The zero-order valence-corrected chi connectivity index (χ0v) is 14.7. The Kier molecular flexibility index (Phi) is 4.41. The maximum absolute atomic E-state index is 13.1. The first-order valence-electron chi connectivity index (χ1n) is 6.98. The Morgan fingerprint density at radius 3 is 2.58 bits per heavy atom. The van der Waals surface area contributed by atoms with Crippen LogP contribution in [0.4, 0.5) is 9.57 Å². The van der Waals surface area contributed by atoms with Gasteiger partial charge in [-0.2, -0.15) is 8.42 Å². The minimum atomic E-state index is -4.96. The maximum Gasteiger partial charge on any atom is 0.332 e. The van der Waals surface area contributed by atoms with E-state index in [2.05, 4.69) is 0 Å². The zero-order chi connectivity index (χ0) is 17.5. The standard InChI is InChI=1S/C14H14FNO5S3/c15-23(18,19)12-6-14(22-9-12)24(20,21)16-7-10(8-17)5-11-3-1-2-4-13(11)16/h1-4,6,9-10,17H,5,7-8H2. The largest absolute Gasteiger partial charge is 0.396 e. The molecule has 1 aromatic heterocycles. The Labute approximate surface area is 143 Å². The van der Waals surface area contributed by atoms with Gasteiger partial charge in [-0.15, -0.1) is 15.2 Å². The number of fused-ring (bicyclic) bond motifs is 1. The summed E-state index contributed by atoms with van der Waals surface area (Å²) in [5.41, 5.74) is 1.27. The number of hydrogen-bond donors (Lipinski definition) is 1. The van der Waals surface area contributed by atoms with E-state index in [1.165, 1.54) is 0 Å². The number of aliphatic hydroxyl groups excluding tert-OH is 1. The molecule has 0 bridgehead atoms. The van der Waals surface area contributed by atoms with Crippen LogP contribution in [0.2, 0.25) is 0 Å². The van der Waals surface area contributed by atoms with Gasteiger partial charge >= 0.3 is 10.2 Å². The molecule has 1 aliphatic rings. The number of nitrogens with zero attached hydrogens (tertiary/aromatic N) is 1. The first-order chi connectivity index (χ1) is 11.2. The van der Waals surface area contributed by atoms with Gasteiger partial charge in [0.1, 0.15) is 9.10 Å². The lowest BCUT2D eigenvalue weighted by Gasteiger charge is -2.34. The summed E-state index contributed by atoms with van der Waals surface area (Å²) in [6, 6.07) is 7.74. The van der Waals surface area contributed by atoms with Crippen LogP contribution in [0.25, 0.3) is 0 Å². The predicted molar refractivity (Wildman–Crippen MR) is 87.9 cm³/mol. The second kappa shape index (κ2) is 6.10. The highest BCUT2D eigenvalue weighted by Gasteiger charge is 2.34. The second-order valence-electron chi connectivity index (χ2n) is 5.46. The number of halogens is 1. The molecule has 1 N–H and O–H groups in total. The summed E-state index contributed by atoms with van der Waals surface area (Å²) in [7, 11) is -9.01. The van der Waals surface area contributed by atoms with Crippen LogP contribution in [-0.4, -0.2) is 35.1 Å². The van der Waals surface area contributed by atoms with E-state index in [9.17, 15) is 25.8 Å². The smallest absolute Gasteiger partial charge is 0.332 e. The van der Waals surface area contributed by atoms with Gasteiger partial charge in [0.15, 0.2) is 0 Å². The zero-order valence-electron chi connectivity index (χ0n) is 12.3. The molecule has 2 aromatic rings. The number of hydrogen-bond acceptors (Lipinski definition) is 6. The molecule has 0 spiro atoms. The van der Waals surface area contributed by atoms with Crippen LogP contribution in [0.3, 0.4) is 0 Å². The van der Waals surface area contributed by atoms with E-state index in [1.54, 1.807) is 24.3 Å². The minimum Gasteiger partial charge on any atom is -0.396 e. The molecule has 2 heterocycles. The normalized spacial score (nSPS) is 18.4. The molecule has 0 saturated carbocycles. The molecular weight excluding hydrogens is 377 g/mol. The average molecular weight is 391 g/mol. The third-order valence-corrected chi connectivity index (χ3v) is 7.97. The molecule has 0 saturated heterocycles. The molecule has 130 valence electrons. The van der Waals surface area contributed by atoms with E-state index in [-0.39, 0.29) is 23.3 Å². The molecule has 0 radical (unpaired) electrons. The maximum atomic E-state index is 13.1. The van der Waals surface area contributed by atoms with Crippen molar-refractivity contribution < 1.29 is 25.8 Å².